The molecule has 0 aromatic heterocycles. The van der Waals surface area contributed by atoms with Gasteiger partial charge in [0.2, 0.25) is 0 Å². The van der Waals surface area contributed by atoms with Crippen LogP contribution in [0.4, 0.5) is 0 Å². The van der Waals surface area contributed by atoms with Gasteiger partial charge in [-0.05, 0) is 77.6 Å². The summed E-state index contributed by atoms with van der Waals surface area (Å²) in [5.74, 6) is 0. The summed E-state index contributed by atoms with van der Waals surface area (Å²) in [6.07, 6.45) is 1.54. The second-order valence-corrected chi connectivity index (χ2v) is 4.98. The molecule has 1 aliphatic carbocycles. The van der Waals surface area contributed by atoms with Crippen molar-refractivity contribution in [2.75, 3.05) is 0 Å². The first-order valence-electron chi connectivity index (χ1n) is 4.55. The minimum atomic E-state index is -0.148. The van der Waals surface area contributed by atoms with Gasteiger partial charge >= 0.3 is 0 Å². The number of aryl methyl sites for hydroxylation is 1. The molecule has 0 saturated heterocycles. The highest BCUT2D eigenvalue weighted by atomic mass is 127. The Kier molecular flexibility index (Phi) is 2.36. The predicted molar refractivity (Wildman–Crippen MR) is 62.0 cm³/mol. The Morgan fingerprint density at radius 1 is 1.31 bits per heavy atom. The van der Waals surface area contributed by atoms with E-state index in [1.807, 2.05) is 0 Å². The summed E-state index contributed by atoms with van der Waals surface area (Å²) in [7, 11) is 0. The largest absolute Gasteiger partial charge is 0.392 e. The Labute approximate surface area is 92.3 Å². The van der Waals surface area contributed by atoms with Crippen LogP contribution in [0, 0.1) is 17.4 Å². The Balaban J connectivity index is 2.62. The van der Waals surface area contributed by atoms with E-state index in [0.29, 0.717) is 0 Å². The van der Waals surface area contributed by atoms with Crippen LogP contribution in [0.5, 0.6) is 0 Å². The number of benzene rings is 1. The van der Waals surface area contributed by atoms with Gasteiger partial charge < -0.3 is 5.11 Å². The average Bonchev–Trinajstić information content (AvgIpc) is 2.44. The average molecular weight is 288 g/mol. The van der Waals surface area contributed by atoms with Crippen molar-refractivity contribution < 1.29 is 5.11 Å². The minimum Gasteiger partial charge on any atom is -0.392 e. The maximum atomic E-state index is 9.59. The molecule has 2 heteroatoms. The molecule has 1 atom stereocenters. The zero-order valence-corrected chi connectivity index (χ0v) is 10.1. The van der Waals surface area contributed by atoms with Crippen LogP contribution in [0.3, 0.4) is 0 Å². The smallest absolute Gasteiger partial charge is 0.0621 e. The zero-order valence-electron chi connectivity index (χ0n) is 7.89. The quantitative estimate of drug-likeness (QED) is 0.727. The third-order valence-corrected chi connectivity index (χ3v) is 3.99. The summed E-state index contributed by atoms with van der Waals surface area (Å²) in [6.45, 7) is 4.29. The molecule has 1 N–H and O–H groups in total. The molecule has 0 amide bonds. The first kappa shape index (κ1) is 9.46. The Morgan fingerprint density at radius 3 is 2.62 bits per heavy atom. The summed E-state index contributed by atoms with van der Waals surface area (Å²) in [5, 5.41) is 9.59. The van der Waals surface area contributed by atoms with Crippen LogP contribution >= 0.6 is 22.6 Å². The molecule has 0 heterocycles. The summed E-state index contributed by atoms with van der Waals surface area (Å²) in [5.41, 5.74) is 5.46. The van der Waals surface area contributed by atoms with Gasteiger partial charge in [0.05, 0.1) is 6.10 Å². The molecule has 13 heavy (non-hydrogen) atoms. The summed E-state index contributed by atoms with van der Waals surface area (Å²) < 4.78 is 1.32. The number of halogens is 1. The van der Waals surface area contributed by atoms with Crippen molar-refractivity contribution in [1.29, 1.82) is 0 Å². The lowest BCUT2D eigenvalue weighted by atomic mass is 10.0. The molecule has 0 saturated carbocycles. The Hall–Kier alpha value is -0.0900. The standard InChI is InChI=1S/C11H13IO/c1-6-3-11(12)7(2)10-5-8(13)4-9(6)10/h3,8,13H,4-5H2,1-2H3. The lowest BCUT2D eigenvalue weighted by Crippen LogP contribution is -2.04. The van der Waals surface area contributed by atoms with Gasteiger partial charge in [0.1, 0.15) is 0 Å². The highest BCUT2D eigenvalue weighted by molar-refractivity contribution is 14.1. The fourth-order valence-electron chi connectivity index (χ4n) is 2.10. The van der Waals surface area contributed by atoms with Crippen LogP contribution in [0.15, 0.2) is 6.07 Å². The van der Waals surface area contributed by atoms with Gasteiger partial charge in [0, 0.05) is 3.57 Å². The van der Waals surface area contributed by atoms with Crippen LogP contribution in [0.1, 0.15) is 22.3 Å². The zero-order chi connectivity index (χ0) is 9.59. The lowest BCUT2D eigenvalue weighted by Gasteiger charge is -2.09. The van der Waals surface area contributed by atoms with Gasteiger partial charge in [0.25, 0.3) is 0 Å². The fourth-order valence-corrected chi connectivity index (χ4v) is 2.89. The number of aliphatic hydroxyl groups excluding tert-OH is 1. The van der Waals surface area contributed by atoms with Crippen molar-refractivity contribution >= 4 is 22.6 Å². The van der Waals surface area contributed by atoms with Gasteiger partial charge in [-0.15, -0.1) is 0 Å². The molecule has 2 rings (SSSR count). The van der Waals surface area contributed by atoms with Gasteiger partial charge in [-0.1, -0.05) is 0 Å². The number of hydrogen-bond donors (Lipinski definition) is 1. The van der Waals surface area contributed by atoms with Crippen LogP contribution in [-0.4, -0.2) is 11.2 Å². The third-order valence-electron chi connectivity index (χ3n) is 2.87. The van der Waals surface area contributed by atoms with Crippen LogP contribution in [0.25, 0.3) is 0 Å². The molecule has 0 bridgehead atoms. The lowest BCUT2D eigenvalue weighted by molar-refractivity contribution is 0.187. The van der Waals surface area contributed by atoms with Gasteiger partial charge in [-0.3, -0.25) is 0 Å². The van der Waals surface area contributed by atoms with E-state index in [-0.39, 0.29) is 6.10 Å². The molecule has 1 aliphatic rings. The SMILES string of the molecule is Cc1cc(I)c(C)c2c1CC(O)C2. The van der Waals surface area contributed by atoms with E-state index in [2.05, 4.69) is 42.5 Å². The monoisotopic (exact) mass is 288 g/mol. The van der Waals surface area contributed by atoms with Gasteiger partial charge in [-0.2, -0.15) is 0 Å². The highest BCUT2D eigenvalue weighted by Crippen LogP contribution is 2.31. The second-order valence-electron chi connectivity index (χ2n) is 3.82. The molecule has 0 spiro atoms. The summed E-state index contributed by atoms with van der Waals surface area (Å²) >= 11 is 2.37. The third kappa shape index (κ3) is 1.50. The molecule has 1 nitrogen and oxygen atoms in total. The molecule has 1 unspecified atom stereocenters. The highest BCUT2D eigenvalue weighted by Gasteiger charge is 2.23. The van der Waals surface area contributed by atoms with Crippen molar-refractivity contribution in [3.63, 3.8) is 0 Å². The topological polar surface area (TPSA) is 20.2 Å². The molecule has 0 aliphatic heterocycles. The summed E-state index contributed by atoms with van der Waals surface area (Å²) in [6, 6.07) is 2.22. The van der Waals surface area contributed by atoms with Crippen molar-refractivity contribution in [2.45, 2.75) is 32.8 Å². The predicted octanol–water partition coefficient (Wildman–Crippen LogP) is 2.37. The van der Waals surface area contributed by atoms with E-state index in [0.717, 1.165) is 12.8 Å². The number of rotatable bonds is 0. The molecule has 0 fully saturated rings. The minimum absolute atomic E-state index is 0.148. The van der Waals surface area contributed by atoms with Crippen molar-refractivity contribution in [1.82, 2.24) is 0 Å². The maximum absolute atomic E-state index is 9.59. The van der Waals surface area contributed by atoms with E-state index in [9.17, 15) is 5.11 Å². The van der Waals surface area contributed by atoms with Crippen LogP contribution in [0.2, 0.25) is 0 Å². The number of fused-ring (bicyclic) bond motifs is 1. The number of aliphatic hydroxyl groups is 1. The summed E-state index contributed by atoms with van der Waals surface area (Å²) in [4.78, 5) is 0. The first-order chi connectivity index (χ1) is 6.09. The molecule has 1 aromatic carbocycles. The Morgan fingerprint density at radius 2 is 1.92 bits per heavy atom. The molecule has 70 valence electrons. The fraction of sp³-hybridized carbons (Fsp3) is 0.455. The van der Waals surface area contributed by atoms with E-state index >= 15 is 0 Å². The van der Waals surface area contributed by atoms with Crippen molar-refractivity contribution in [2.24, 2.45) is 0 Å². The van der Waals surface area contributed by atoms with E-state index in [1.54, 1.807) is 0 Å². The Bertz CT molecular complexity index is 358. The molecular weight excluding hydrogens is 275 g/mol. The van der Waals surface area contributed by atoms with E-state index in [4.69, 9.17) is 0 Å². The van der Waals surface area contributed by atoms with E-state index in [1.165, 1.54) is 25.8 Å². The second kappa shape index (κ2) is 3.24. The first-order valence-corrected chi connectivity index (χ1v) is 5.63. The van der Waals surface area contributed by atoms with Gasteiger partial charge in [0.15, 0.2) is 0 Å². The van der Waals surface area contributed by atoms with E-state index < -0.39 is 0 Å². The number of hydrogen-bond acceptors (Lipinski definition) is 1. The normalized spacial score (nSPS) is 20.5. The van der Waals surface area contributed by atoms with Crippen LogP contribution in [-0.2, 0) is 12.8 Å². The van der Waals surface area contributed by atoms with Gasteiger partial charge in [-0.25, -0.2) is 0 Å². The molecule has 1 aromatic rings. The van der Waals surface area contributed by atoms with Crippen molar-refractivity contribution in [3.8, 4) is 0 Å². The van der Waals surface area contributed by atoms with Crippen LogP contribution < -0.4 is 0 Å². The maximum Gasteiger partial charge on any atom is 0.0621 e. The molecule has 0 radical (unpaired) electrons. The molecular formula is C11H13IO. The van der Waals surface area contributed by atoms with Crippen molar-refractivity contribution in [3.05, 3.63) is 31.9 Å².